The molecule has 0 N–H and O–H groups in total. The van der Waals surface area contributed by atoms with Crippen LogP contribution in [-0.4, -0.2) is 0 Å². The van der Waals surface area contributed by atoms with Crippen molar-refractivity contribution in [3.63, 3.8) is 0 Å². The monoisotopic (exact) mass is 710 g/mol. The summed E-state index contributed by atoms with van der Waals surface area (Å²) in [7, 11) is 0. The fourth-order valence-electron chi connectivity index (χ4n) is 7.21. The second-order valence-electron chi connectivity index (χ2n) is 14.2. The van der Waals surface area contributed by atoms with Gasteiger partial charge in [0.2, 0.25) is 0 Å². The molecule has 56 heavy (non-hydrogen) atoms. The van der Waals surface area contributed by atoms with E-state index in [1.807, 2.05) is 60.7 Å². The lowest BCUT2D eigenvalue weighted by molar-refractivity contribution is 0.915. The second kappa shape index (κ2) is 17.7. The average Bonchev–Trinajstić information content (AvgIpc) is 3.23. The third-order valence-corrected chi connectivity index (χ3v) is 10.4. The first-order valence-corrected chi connectivity index (χ1v) is 19.4. The molecule has 0 amide bonds. The van der Waals surface area contributed by atoms with Gasteiger partial charge in [0.1, 0.15) is 0 Å². The number of benzene rings is 6. The van der Waals surface area contributed by atoms with E-state index in [2.05, 4.69) is 144 Å². The van der Waals surface area contributed by atoms with Gasteiger partial charge in [-0.25, -0.2) is 0 Å². The van der Waals surface area contributed by atoms with Crippen molar-refractivity contribution in [3.05, 3.63) is 211 Å². The Morgan fingerprint density at radius 1 is 0.250 bits per heavy atom. The van der Waals surface area contributed by atoms with Gasteiger partial charge in [-0.05, 0) is 180 Å². The molecule has 0 spiro atoms. The summed E-state index contributed by atoms with van der Waals surface area (Å²) >= 11 is 0. The standard InChI is InChI=1S/C56H38/c1-3-13-43(14-4-1)17-7-9-19-53-39-45-23-25-47-29-33-51(37-35-49(53)31-27-45)55(41-47)21-11-12-22-56-42-48-26-24-46-28-32-50(36-38-52(56)34-30-48)54(40-46)20-10-8-18-44-15-5-2-6-16-44/h1-6,13-16,27-34,39-42H,23-26,35-38H2. The van der Waals surface area contributed by atoms with Gasteiger partial charge in [-0.15, -0.1) is 0 Å². The van der Waals surface area contributed by atoms with Gasteiger partial charge in [-0.1, -0.05) is 120 Å². The third kappa shape index (κ3) is 9.42. The molecule has 6 aromatic rings. The number of rotatable bonds is 0. The third-order valence-electron chi connectivity index (χ3n) is 10.4. The Kier molecular flexibility index (Phi) is 11.3. The van der Waals surface area contributed by atoms with Crippen LogP contribution in [0.4, 0.5) is 0 Å². The van der Waals surface area contributed by atoms with Gasteiger partial charge in [0.25, 0.3) is 0 Å². The Hall–Kier alpha value is -7.32. The van der Waals surface area contributed by atoms with Gasteiger partial charge in [-0.2, -0.15) is 0 Å². The Balaban J connectivity index is 1.00. The average molecular weight is 711 g/mol. The molecular weight excluding hydrogens is 673 g/mol. The molecule has 6 aromatic carbocycles. The first-order valence-electron chi connectivity index (χ1n) is 19.4. The Morgan fingerprint density at radius 2 is 0.518 bits per heavy atom. The lowest BCUT2D eigenvalue weighted by Gasteiger charge is -2.13. The van der Waals surface area contributed by atoms with Crippen molar-refractivity contribution in [1.29, 1.82) is 0 Å². The van der Waals surface area contributed by atoms with Crippen LogP contribution in [0.5, 0.6) is 0 Å². The molecule has 0 saturated heterocycles. The molecule has 0 aromatic heterocycles. The predicted molar refractivity (Wildman–Crippen MR) is 230 cm³/mol. The lowest BCUT2D eigenvalue weighted by Crippen LogP contribution is -2.03. The summed E-state index contributed by atoms with van der Waals surface area (Å²) in [6.45, 7) is 0. The van der Waals surface area contributed by atoms with E-state index < -0.39 is 0 Å². The van der Waals surface area contributed by atoms with Gasteiger partial charge in [0, 0.05) is 33.4 Å². The van der Waals surface area contributed by atoms with E-state index in [1.165, 1.54) is 44.5 Å². The van der Waals surface area contributed by atoms with Gasteiger partial charge in [0.15, 0.2) is 0 Å². The lowest BCUT2D eigenvalue weighted by atomic mass is 9.91. The second-order valence-corrected chi connectivity index (χ2v) is 14.2. The summed E-state index contributed by atoms with van der Waals surface area (Å²) in [4.78, 5) is 0. The van der Waals surface area contributed by atoms with Crippen molar-refractivity contribution in [1.82, 2.24) is 0 Å². The van der Waals surface area contributed by atoms with Gasteiger partial charge < -0.3 is 0 Å². The number of hydrogen-bond acceptors (Lipinski definition) is 0. The topological polar surface area (TPSA) is 0 Å². The molecule has 0 saturated carbocycles. The largest absolute Gasteiger partial charge is 0.0622 e. The summed E-state index contributed by atoms with van der Waals surface area (Å²) in [6, 6.07) is 47.0. The van der Waals surface area contributed by atoms with E-state index in [1.54, 1.807) is 0 Å². The highest BCUT2D eigenvalue weighted by Gasteiger charge is 2.11. The SMILES string of the molecule is C(C#Cc1cc2ccc1CCc1ccc(cc1C#CC#Cc1cc3ccc1CCc1ccc(cc1C#CC#Cc1ccccc1)CC3)CC2)#Cc1ccccc1. The highest BCUT2D eigenvalue weighted by atomic mass is 14.2. The highest BCUT2D eigenvalue weighted by molar-refractivity contribution is 5.54. The number of aryl methyl sites for hydroxylation is 8. The minimum absolute atomic E-state index is 0.875. The minimum atomic E-state index is 0.875. The summed E-state index contributed by atoms with van der Waals surface area (Å²) < 4.78 is 0. The first-order chi connectivity index (χ1) is 27.7. The molecule has 0 atom stereocenters. The molecule has 0 fully saturated rings. The summed E-state index contributed by atoms with van der Waals surface area (Å²) in [5.74, 6) is 38.7. The molecule has 0 unspecified atom stereocenters. The molecule has 0 heterocycles. The van der Waals surface area contributed by atoms with Crippen LogP contribution in [0.15, 0.2) is 133 Å². The van der Waals surface area contributed by atoms with E-state index in [4.69, 9.17) is 0 Å². The van der Waals surface area contributed by atoms with Crippen LogP contribution in [0, 0.1) is 71.0 Å². The molecule has 8 aliphatic carbocycles. The van der Waals surface area contributed by atoms with Crippen LogP contribution in [0.25, 0.3) is 0 Å². The predicted octanol–water partition coefficient (Wildman–Crippen LogP) is 9.66. The minimum Gasteiger partial charge on any atom is -0.0622 e. The van der Waals surface area contributed by atoms with E-state index >= 15 is 0 Å². The van der Waals surface area contributed by atoms with Crippen molar-refractivity contribution < 1.29 is 0 Å². The van der Waals surface area contributed by atoms with Crippen LogP contribution in [0.3, 0.4) is 0 Å². The molecule has 262 valence electrons. The normalized spacial score (nSPS) is 11.9. The molecule has 14 rings (SSSR count). The molecule has 0 nitrogen and oxygen atoms in total. The van der Waals surface area contributed by atoms with Crippen LogP contribution in [0.2, 0.25) is 0 Å². The Morgan fingerprint density at radius 3 is 0.804 bits per heavy atom. The van der Waals surface area contributed by atoms with E-state index in [0.29, 0.717) is 0 Å². The molecule has 0 radical (unpaired) electrons. The zero-order valence-corrected chi connectivity index (χ0v) is 31.4. The zero-order chi connectivity index (χ0) is 37.8. The first kappa shape index (κ1) is 35.7. The maximum absolute atomic E-state index is 3.45. The van der Waals surface area contributed by atoms with Gasteiger partial charge in [0.05, 0.1) is 0 Å². The van der Waals surface area contributed by atoms with Crippen LogP contribution in [-0.2, 0) is 51.4 Å². The van der Waals surface area contributed by atoms with Crippen molar-refractivity contribution in [3.8, 4) is 71.0 Å². The molecule has 0 aliphatic heterocycles. The Labute approximate surface area is 332 Å². The summed E-state index contributed by atoms with van der Waals surface area (Å²) in [6.07, 6.45) is 7.26. The van der Waals surface area contributed by atoms with Crippen LogP contribution in [0.1, 0.15) is 77.9 Å². The van der Waals surface area contributed by atoms with Crippen molar-refractivity contribution >= 4 is 0 Å². The van der Waals surface area contributed by atoms with Crippen molar-refractivity contribution in [2.24, 2.45) is 0 Å². The maximum Gasteiger partial charge on any atom is 0.0290 e. The smallest absolute Gasteiger partial charge is 0.0290 e. The van der Waals surface area contributed by atoms with Crippen LogP contribution >= 0.6 is 0 Å². The maximum atomic E-state index is 3.45. The quantitative estimate of drug-likeness (QED) is 0.138. The van der Waals surface area contributed by atoms with Gasteiger partial charge >= 0.3 is 0 Å². The Bertz CT molecular complexity index is 2620. The highest BCUT2D eigenvalue weighted by Crippen LogP contribution is 2.23. The van der Waals surface area contributed by atoms with E-state index in [-0.39, 0.29) is 0 Å². The van der Waals surface area contributed by atoms with Gasteiger partial charge in [-0.3, -0.25) is 0 Å². The molecular formula is C56H38. The zero-order valence-electron chi connectivity index (χ0n) is 31.4. The number of hydrogen-bond donors (Lipinski definition) is 0. The molecule has 8 bridgehead atoms. The fraction of sp³-hybridized carbons (Fsp3) is 0.143. The molecule has 8 aliphatic rings. The van der Waals surface area contributed by atoms with E-state index in [0.717, 1.165) is 84.7 Å². The summed E-state index contributed by atoms with van der Waals surface area (Å²) in [5.41, 5.74) is 16.3. The summed E-state index contributed by atoms with van der Waals surface area (Å²) in [5, 5.41) is 0. The van der Waals surface area contributed by atoms with Crippen LogP contribution < -0.4 is 0 Å². The van der Waals surface area contributed by atoms with Crippen molar-refractivity contribution in [2.75, 3.05) is 0 Å². The van der Waals surface area contributed by atoms with Crippen molar-refractivity contribution in [2.45, 2.75) is 51.4 Å². The molecule has 0 heteroatoms. The van der Waals surface area contributed by atoms with E-state index in [9.17, 15) is 0 Å². The fourth-order valence-corrected chi connectivity index (χ4v) is 7.21.